The largest absolute Gasteiger partial charge is 0.361 e. The van der Waals surface area contributed by atoms with Crippen LogP contribution in [0, 0.1) is 6.92 Å². The van der Waals surface area contributed by atoms with Gasteiger partial charge in [-0.1, -0.05) is 73.4 Å². The summed E-state index contributed by atoms with van der Waals surface area (Å²) in [6, 6.07) is 19.1. The zero-order valence-corrected chi connectivity index (χ0v) is 21.3. The standard InChI is InChI=1S/C31H34N4O2/c1-22-13-15-24(16-14-22)30(31(37)34-26-9-3-2-4-10-26)35(21-23-8-7-17-32-19-23)29(36)18-25-20-33-28-12-6-5-11-27(25)28/h5-8,11-17,19-20,26,30,33H,2-4,9-10,18,21H2,1H3,(H,34,37). The molecule has 0 spiro atoms. The van der Waals surface area contributed by atoms with Gasteiger partial charge in [0.05, 0.1) is 6.42 Å². The minimum atomic E-state index is -0.736. The topological polar surface area (TPSA) is 78.1 Å². The van der Waals surface area contributed by atoms with Crippen molar-refractivity contribution in [2.24, 2.45) is 0 Å². The minimum Gasteiger partial charge on any atom is -0.361 e. The van der Waals surface area contributed by atoms with E-state index < -0.39 is 6.04 Å². The molecule has 2 N–H and O–H groups in total. The molecule has 6 nitrogen and oxygen atoms in total. The third-order valence-electron chi connectivity index (χ3n) is 7.32. The van der Waals surface area contributed by atoms with Gasteiger partial charge in [0.1, 0.15) is 6.04 Å². The van der Waals surface area contributed by atoms with E-state index in [0.29, 0.717) is 6.54 Å². The molecule has 1 atom stereocenters. The Balaban J connectivity index is 1.50. The highest BCUT2D eigenvalue weighted by Crippen LogP contribution is 2.28. The summed E-state index contributed by atoms with van der Waals surface area (Å²) in [6.07, 6.45) is 11.0. The van der Waals surface area contributed by atoms with Crippen molar-refractivity contribution in [1.82, 2.24) is 20.2 Å². The zero-order valence-electron chi connectivity index (χ0n) is 21.3. The number of nitrogens with one attached hydrogen (secondary N) is 2. The number of hydrogen-bond donors (Lipinski definition) is 2. The Kier molecular flexibility index (Phi) is 7.64. The molecule has 2 amide bonds. The van der Waals surface area contributed by atoms with Crippen LogP contribution in [-0.4, -0.2) is 32.7 Å². The molecule has 1 saturated carbocycles. The first-order valence-electron chi connectivity index (χ1n) is 13.2. The summed E-state index contributed by atoms with van der Waals surface area (Å²) in [5.41, 5.74) is 4.73. The number of hydrogen-bond acceptors (Lipinski definition) is 3. The average Bonchev–Trinajstić information content (AvgIpc) is 3.33. The molecule has 1 fully saturated rings. The Bertz CT molecular complexity index is 1340. The number of fused-ring (bicyclic) bond motifs is 1. The van der Waals surface area contributed by atoms with Crippen molar-refractivity contribution < 1.29 is 9.59 Å². The van der Waals surface area contributed by atoms with Gasteiger partial charge in [-0.3, -0.25) is 14.6 Å². The summed E-state index contributed by atoms with van der Waals surface area (Å²) in [5.74, 6) is -0.218. The fourth-order valence-corrected chi connectivity index (χ4v) is 5.30. The van der Waals surface area contributed by atoms with Gasteiger partial charge < -0.3 is 15.2 Å². The van der Waals surface area contributed by atoms with Gasteiger partial charge in [0.2, 0.25) is 11.8 Å². The van der Waals surface area contributed by atoms with Crippen molar-refractivity contribution in [3.05, 3.63) is 102 Å². The first-order chi connectivity index (χ1) is 18.1. The van der Waals surface area contributed by atoms with Crippen molar-refractivity contribution in [3.63, 3.8) is 0 Å². The molecule has 1 unspecified atom stereocenters. The van der Waals surface area contributed by atoms with Gasteiger partial charge in [-0.05, 0) is 48.6 Å². The summed E-state index contributed by atoms with van der Waals surface area (Å²) in [4.78, 5) is 37.2. The molecule has 5 rings (SSSR count). The highest BCUT2D eigenvalue weighted by atomic mass is 16.2. The summed E-state index contributed by atoms with van der Waals surface area (Å²) in [7, 11) is 0. The van der Waals surface area contributed by atoms with Crippen LogP contribution in [0.5, 0.6) is 0 Å². The lowest BCUT2D eigenvalue weighted by atomic mass is 9.94. The molecule has 1 aliphatic carbocycles. The molecule has 6 heteroatoms. The summed E-state index contributed by atoms with van der Waals surface area (Å²) >= 11 is 0. The van der Waals surface area contributed by atoms with Crippen molar-refractivity contribution in [3.8, 4) is 0 Å². The maximum absolute atomic E-state index is 14.0. The van der Waals surface area contributed by atoms with E-state index >= 15 is 0 Å². The molecule has 4 aromatic rings. The number of H-pyrrole nitrogens is 1. The lowest BCUT2D eigenvalue weighted by Gasteiger charge is -2.33. The number of rotatable bonds is 8. The summed E-state index contributed by atoms with van der Waals surface area (Å²) in [5, 5.41) is 4.31. The Morgan fingerprint density at radius 1 is 1.03 bits per heavy atom. The summed E-state index contributed by atoms with van der Waals surface area (Å²) < 4.78 is 0. The van der Waals surface area contributed by atoms with Gasteiger partial charge in [0.25, 0.3) is 0 Å². The van der Waals surface area contributed by atoms with E-state index in [2.05, 4.69) is 15.3 Å². The van der Waals surface area contributed by atoms with Gasteiger partial charge in [-0.25, -0.2) is 0 Å². The van der Waals surface area contributed by atoms with Crippen LogP contribution < -0.4 is 5.32 Å². The van der Waals surface area contributed by atoms with Crippen LogP contribution in [0.4, 0.5) is 0 Å². The van der Waals surface area contributed by atoms with E-state index in [4.69, 9.17) is 0 Å². The predicted octanol–water partition coefficient (Wildman–Crippen LogP) is 5.63. The maximum atomic E-state index is 14.0. The molecule has 1 aliphatic rings. The lowest BCUT2D eigenvalue weighted by Crippen LogP contribution is -2.47. The van der Waals surface area contributed by atoms with E-state index in [0.717, 1.165) is 58.8 Å². The second-order valence-electron chi connectivity index (χ2n) is 10.1. The number of pyridine rings is 1. The quantitative estimate of drug-likeness (QED) is 0.333. The average molecular weight is 495 g/mol. The van der Waals surface area contributed by atoms with Crippen LogP contribution in [0.2, 0.25) is 0 Å². The van der Waals surface area contributed by atoms with Gasteiger partial charge in [0.15, 0.2) is 0 Å². The van der Waals surface area contributed by atoms with E-state index in [1.807, 2.05) is 73.8 Å². The van der Waals surface area contributed by atoms with Crippen molar-refractivity contribution >= 4 is 22.7 Å². The van der Waals surface area contributed by atoms with Gasteiger partial charge in [-0.15, -0.1) is 0 Å². The molecule has 190 valence electrons. The molecule has 2 aromatic carbocycles. The van der Waals surface area contributed by atoms with Gasteiger partial charge >= 0.3 is 0 Å². The number of aryl methyl sites for hydroxylation is 1. The Hall–Kier alpha value is -3.93. The fourth-order valence-electron chi connectivity index (χ4n) is 5.30. The lowest BCUT2D eigenvalue weighted by molar-refractivity contribution is -0.141. The molecule has 0 saturated heterocycles. The highest BCUT2D eigenvalue weighted by Gasteiger charge is 2.33. The monoisotopic (exact) mass is 494 g/mol. The normalized spacial score (nSPS) is 14.8. The second kappa shape index (κ2) is 11.4. The van der Waals surface area contributed by atoms with Crippen LogP contribution in [0.15, 0.2) is 79.3 Å². The van der Waals surface area contributed by atoms with E-state index in [9.17, 15) is 9.59 Å². The molecular weight excluding hydrogens is 460 g/mol. The molecule has 2 heterocycles. The van der Waals surface area contributed by atoms with Crippen molar-refractivity contribution in [1.29, 1.82) is 0 Å². The number of benzene rings is 2. The smallest absolute Gasteiger partial charge is 0.247 e. The van der Waals surface area contributed by atoms with Crippen molar-refractivity contribution in [2.75, 3.05) is 0 Å². The minimum absolute atomic E-state index is 0.0991. The van der Waals surface area contributed by atoms with E-state index in [-0.39, 0.29) is 24.3 Å². The Morgan fingerprint density at radius 2 is 1.81 bits per heavy atom. The third-order valence-corrected chi connectivity index (χ3v) is 7.32. The predicted molar refractivity (Wildman–Crippen MR) is 146 cm³/mol. The number of aromatic amines is 1. The zero-order chi connectivity index (χ0) is 25.6. The number of nitrogens with zero attached hydrogens (tertiary/aromatic N) is 2. The summed E-state index contributed by atoms with van der Waals surface area (Å²) in [6.45, 7) is 2.32. The first-order valence-corrected chi connectivity index (χ1v) is 13.2. The number of para-hydroxylation sites is 1. The molecule has 0 aliphatic heterocycles. The second-order valence-corrected chi connectivity index (χ2v) is 10.1. The number of amides is 2. The maximum Gasteiger partial charge on any atom is 0.247 e. The van der Waals surface area contributed by atoms with Crippen LogP contribution in [0.25, 0.3) is 10.9 Å². The van der Waals surface area contributed by atoms with Gasteiger partial charge in [-0.2, -0.15) is 0 Å². The molecule has 0 bridgehead atoms. The van der Waals surface area contributed by atoms with E-state index in [1.54, 1.807) is 17.3 Å². The van der Waals surface area contributed by atoms with Crippen LogP contribution in [-0.2, 0) is 22.6 Å². The molecule has 0 radical (unpaired) electrons. The van der Waals surface area contributed by atoms with Gasteiger partial charge in [0, 0.05) is 42.1 Å². The third kappa shape index (κ3) is 5.91. The highest BCUT2D eigenvalue weighted by molar-refractivity contribution is 5.92. The fraction of sp³-hybridized carbons (Fsp3) is 0.323. The van der Waals surface area contributed by atoms with Crippen molar-refractivity contribution in [2.45, 2.75) is 64.1 Å². The van der Waals surface area contributed by atoms with Crippen LogP contribution >= 0.6 is 0 Å². The van der Waals surface area contributed by atoms with E-state index in [1.165, 1.54) is 6.42 Å². The first kappa shape index (κ1) is 24.8. The van der Waals surface area contributed by atoms with Crippen LogP contribution in [0.1, 0.15) is 60.4 Å². The molecule has 37 heavy (non-hydrogen) atoms. The number of aromatic nitrogens is 2. The molecule has 2 aromatic heterocycles. The Labute approximate surface area is 218 Å². The molecular formula is C31H34N4O2. The number of carbonyl (C=O) groups excluding carboxylic acids is 2. The number of carbonyl (C=O) groups is 2. The van der Waals surface area contributed by atoms with Crippen LogP contribution in [0.3, 0.4) is 0 Å². The Morgan fingerprint density at radius 3 is 2.57 bits per heavy atom. The SMILES string of the molecule is Cc1ccc(C(C(=O)NC2CCCCC2)N(Cc2cccnc2)C(=O)Cc2c[nH]c3ccccc23)cc1.